The predicted octanol–water partition coefficient (Wildman–Crippen LogP) is 3.15. The Morgan fingerprint density at radius 2 is 1.76 bits per heavy atom. The highest BCUT2D eigenvalue weighted by molar-refractivity contribution is 7.89. The van der Waals surface area contributed by atoms with Crippen molar-refractivity contribution in [2.45, 2.75) is 25.2 Å². The molecule has 0 aliphatic heterocycles. The standard InChI is InChI=1S/C19H21N3O2S/c1-13-3-8-18-17(11-13)14(2)12-19(22-18)21-10-9-15-4-6-16(7-5-15)25(20,23)24/h3-8,11-12H,9-10H2,1-2H3,(H,21,22)(H2,20,23,24). The van der Waals surface area contributed by atoms with Gasteiger partial charge in [-0.15, -0.1) is 0 Å². The number of aryl methyl sites for hydroxylation is 2. The van der Waals surface area contributed by atoms with Crippen molar-refractivity contribution in [1.82, 2.24) is 4.98 Å². The fourth-order valence-corrected chi connectivity index (χ4v) is 3.29. The van der Waals surface area contributed by atoms with Crippen LogP contribution in [0.5, 0.6) is 0 Å². The molecule has 0 fully saturated rings. The first kappa shape index (κ1) is 17.4. The van der Waals surface area contributed by atoms with Gasteiger partial charge in [0.2, 0.25) is 10.0 Å². The van der Waals surface area contributed by atoms with Crippen molar-refractivity contribution in [2.75, 3.05) is 11.9 Å². The van der Waals surface area contributed by atoms with Crippen LogP contribution in [0.2, 0.25) is 0 Å². The van der Waals surface area contributed by atoms with Crippen LogP contribution in [-0.4, -0.2) is 19.9 Å². The van der Waals surface area contributed by atoms with Gasteiger partial charge in [0.25, 0.3) is 0 Å². The van der Waals surface area contributed by atoms with Gasteiger partial charge in [-0.05, 0) is 61.7 Å². The van der Waals surface area contributed by atoms with E-state index < -0.39 is 10.0 Å². The Kier molecular flexibility index (Phi) is 4.74. The molecule has 0 amide bonds. The number of hydrogen-bond acceptors (Lipinski definition) is 4. The van der Waals surface area contributed by atoms with E-state index >= 15 is 0 Å². The van der Waals surface area contributed by atoms with E-state index in [-0.39, 0.29) is 4.90 Å². The first-order chi connectivity index (χ1) is 11.8. The summed E-state index contributed by atoms with van der Waals surface area (Å²) in [4.78, 5) is 4.78. The number of fused-ring (bicyclic) bond motifs is 1. The highest BCUT2D eigenvalue weighted by Crippen LogP contribution is 2.21. The van der Waals surface area contributed by atoms with Gasteiger partial charge in [0.1, 0.15) is 5.82 Å². The summed E-state index contributed by atoms with van der Waals surface area (Å²) in [5, 5.41) is 9.61. The normalized spacial score (nSPS) is 11.6. The van der Waals surface area contributed by atoms with Crippen LogP contribution in [0.25, 0.3) is 10.9 Å². The van der Waals surface area contributed by atoms with E-state index in [4.69, 9.17) is 5.14 Å². The molecule has 1 heterocycles. The number of nitrogens with two attached hydrogens (primary N) is 1. The van der Waals surface area contributed by atoms with Crippen LogP contribution in [-0.2, 0) is 16.4 Å². The lowest BCUT2D eigenvalue weighted by Crippen LogP contribution is -2.12. The van der Waals surface area contributed by atoms with E-state index in [0.29, 0.717) is 6.54 Å². The van der Waals surface area contributed by atoms with Crippen molar-refractivity contribution in [3.8, 4) is 0 Å². The van der Waals surface area contributed by atoms with Gasteiger partial charge in [-0.25, -0.2) is 18.5 Å². The van der Waals surface area contributed by atoms with Crippen LogP contribution in [0.3, 0.4) is 0 Å². The van der Waals surface area contributed by atoms with Crippen molar-refractivity contribution in [3.05, 3.63) is 65.2 Å². The molecule has 0 aliphatic carbocycles. The molecule has 130 valence electrons. The highest BCUT2D eigenvalue weighted by Gasteiger charge is 2.07. The zero-order chi connectivity index (χ0) is 18.0. The Balaban J connectivity index is 1.68. The Hall–Kier alpha value is -2.44. The second-order valence-electron chi connectivity index (χ2n) is 6.21. The molecule has 6 heteroatoms. The first-order valence-corrected chi connectivity index (χ1v) is 9.61. The lowest BCUT2D eigenvalue weighted by molar-refractivity contribution is 0.598. The maximum absolute atomic E-state index is 11.3. The van der Waals surface area contributed by atoms with Crippen molar-refractivity contribution in [1.29, 1.82) is 0 Å². The molecule has 3 rings (SSSR count). The summed E-state index contributed by atoms with van der Waals surface area (Å²) >= 11 is 0. The molecule has 3 aromatic rings. The molecule has 0 unspecified atom stereocenters. The average molecular weight is 355 g/mol. The topological polar surface area (TPSA) is 85.1 Å². The predicted molar refractivity (Wildman–Crippen MR) is 101 cm³/mol. The summed E-state index contributed by atoms with van der Waals surface area (Å²) < 4.78 is 22.5. The zero-order valence-corrected chi connectivity index (χ0v) is 15.1. The molecule has 0 radical (unpaired) electrons. The minimum atomic E-state index is -3.64. The zero-order valence-electron chi connectivity index (χ0n) is 14.3. The molecule has 0 aliphatic rings. The molecule has 3 N–H and O–H groups in total. The fourth-order valence-electron chi connectivity index (χ4n) is 2.78. The summed E-state index contributed by atoms with van der Waals surface area (Å²) in [5.74, 6) is 0.843. The summed E-state index contributed by atoms with van der Waals surface area (Å²) in [6, 6.07) is 14.9. The van der Waals surface area contributed by atoms with Gasteiger partial charge in [0, 0.05) is 11.9 Å². The fraction of sp³-hybridized carbons (Fsp3) is 0.211. The van der Waals surface area contributed by atoms with E-state index in [2.05, 4.69) is 36.3 Å². The van der Waals surface area contributed by atoms with Gasteiger partial charge < -0.3 is 5.32 Å². The van der Waals surface area contributed by atoms with Crippen LogP contribution in [0.15, 0.2) is 53.4 Å². The average Bonchev–Trinajstić information content (AvgIpc) is 2.55. The van der Waals surface area contributed by atoms with Gasteiger partial charge in [0.15, 0.2) is 0 Å². The minimum Gasteiger partial charge on any atom is -0.370 e. The summed E-state index contributed by atoms with van der Waals surface area (Å²) in [5.41, 5.74) is 4.42. The molecule has 0 saturated carbocycles. The van der Waals surface area contributed by atoms with Crippen molar-refractivity contribution in [2.24, 2.45) is 5.14 Å². The van der Waals surface area contributed by atoms with Gasteiger partial charge in [-0.1, -0.05) is 23.8 Å². The smallest absolute Gasteiger partial charge is 0.238 e. The van der Waals surface area contributed by atoms with E-state index in [1.807, 2.05) is 12.1 Å². The quantitative estimate of drug-likeness (QED) is 0.736. The number of nitrogens with one attached hydrogen (secondary N) is 1. The molecule has 2 aromatic carbocycles. The third-order valence-electron chi connectivity index (χ3n) is 4.14. The Morgan fingerprint density at radius 1 is 1.04 bits per heavy atom. The van der Waals surface area contributed by atoms with Crippen LogP contribution in [0.1, 0.15) is 16.7 Å². The van der Waals surface area contributed by atoms with Crippen LogP contribution in [0.4, 0.5) is 5.82 Å². The Labute approximate surface area is 148 Å². The lowest BCUT2D eigenvalue weighted by Gasteiger charge is -2.10. The number of rotatable bonds is 5. The van der Waals surface area contributed by atoms with Gasteiger partial charge in [-0.3, -0.25) is 0 Å². The molecule has 1 aromatic heterocycles. The third kappa shape index (κ3) is 4.15. The number of hydrogen-bond donors (Lipinski definition) is 2. The van der Waals surface area contributed by atoms with Crippen molar-refractivity contribution < 1.29 is 8.42 Å². The van der Waals surface area contributed by atoms with Crippen molar-refractivity contribution >= 4 is 26.7 Å². The SMILES string of the molecule is Cc1ccc2nc(NCCc3ccc(S(N)(=O)=O)cc3)cc(C)c2c1. The molecule has 5 nitrogen and oxygen atoms in total. The van der Waals surface area contributed by atoms with E-state index in [9.17, 15) is 8.42 Å². The van der Waals surface area contributed by atoms with Crippen LogP contribution in [0, 0.1) is 13.8 Å². The molecular weight excluding hydrogens is 334 g/mol. The Morgan fingerprint density at radius 3 is 2.44 bits per heavy atom. The second-order valence-corrected chi connectivity index (χ2v) is 7.77. The molecule has 0 bridgehead atoms. The molecule has 25 heavy (non-hydrogen) atoms. The number of sulfonamides is 1. The summed E-state index contributed by atoms with van der Waals surface area (Å²) in [7, 11) is -3.64. The maximum Gasteiger partial charge on any atom is 0.238 e. The molecule has 0 saturated heterocycles. The first-order valence-electron chi connectivity index (χ1n) is 8.06. The van der Waals surface area contributed by atoms with Gasteiger partial charge >= 0.3 is 0 Å². The van der Waals surface area contributed by atoms with Crippen LogP contribution < -0.4 is 10.5 Å². The Bertz CT molecular complexity index is 1010. The van der Waals surface area contributed by atoms with Crippen LogP contribution >= 0.6 is 0 Å². The summed E-state index contributed by atoms with van der Waals surface area (Å²) in [6.07, 6.45) is 0.761. The number of primary sulfonamides is 1. The van der Waals surface area contributed by atoms with Gasteiger partial charge in [-0.2, -0.15) is 0 Å². The number of benzene rings is 2. The van der Waals surface area contributed by atoms with E-state index in [1.54, 1.807) is 12.1 Å². The number of pyridine rings is 1. The highest BCUT2D eigenvalue weighted by atomic mass is 32.2. The third-order valence-corrected chi connectivity index (χ3v) is 5.07. The van der Waals surface area contributed by atoms with E-state index in [0.717, 1.165) is 23.3 Å². The number of nitrogens with zero attached hydrogens (tertiary/aromatic N) is 1. The van der Waals surface area contributed by atoms with Crippen molar-refractivity contribution in [3.63, 3.8) is 0 Å². The summed E-state index contributed by atoms with van der Waals surface area (Å²) in [6.45, 7) is 4.87. The monoisotopic (exact) mass is 355 g/mol. The molecule has 0 atom stereocenters. The maximum atomic E-state index is 11.3. The largest absolute Gasteiger partial charge is 0.370 e. The number of aromatic nitrogens is 1. The molecule has 0 spiro atoms. The minimum absolute atomic E-state index is 0.131. The second kappa shape index (κ2) is 6.82. The molecular formula is C19H21N3O2S. The van der Waals surface area contributed by atoms with Gasteiger partial charge in [0.05, 0.1) is 10.4 Å². The van der Waals surface area contributed by atoms with E-state index in [1.165, 1.54) is 28.6 Å². The number of anilines is 1. The lowest BCUT2D eigenvalue weighted by atomic mass is 10.1.